The minimum Gasteiger partial charge on any atom is -0.465 e. The minimum atomic E-state index is -1.03. The highest BCUT2D eigenvalue weighted by atomic mass is 35.5. The van der Waals surface area contributed by atoms with E-state index in [0.29, 0.717) is 0 Å². The van der Waals surface area contributed by atoms with Crippen molar-refractivity contribution in [2.75, 3.05) is 7.11 Å². The van der Waals surface area contributed by atoms with E-state index in [0.717, 1.165) is 17.4 Å². The number of hydrogen-bond acceptors (Lipinski definition) is 4. The molecule has 2 aromatic rings. The van der Waals surface area contributed by atoms with Crippen molar-refractivity contribution in [2.45, 2.75) is 0 Å². The Kier molecular flexibility index (Phi) is 3.58. The van der Waals surface area contributed by atoms with Crippen LogP contribution in [0.5, 0.6) is 0 Å². The first kappa shape index (κ1) is 12.9. The van der Waals surface area contributed by atoms with Gasteiger partial charge in [0.05, 0.1) is 7.11 Å². The van der Waals surface area contributed by atoms with Gasteiger partial charge in [0.25, 0.3) is 0 Å². The number of carbonyl (C=O) groups excluding carboxylic acids is 1. The number of halogens is 3. The highest BCUT2D eigenvalue weighted by Gasteiger charge is 2.20. The Labute approximate surface area is 110 Å². The van der Waals surface area contributed by atoms with Crippen molar-refractivity contribution in [3.05, 3.63) is 39.9 Å². The van der Waals surface area contributed by atoms with Crippen LogP contribution in [-0.4, -0.2) is 18.1 Å². The number of aromatic nitrogens is 1. The first-order chi connectivity index (χ1) is 8.54. The lowest BCUT2D eigenvalue weighted by atomic mass is 10.2. The fourth-order valence-corrected chi connectivity index (χ4v) is 2.53. The van der Waals surface area contributed by atoms with Crippen molar-refractivity contribution < 1.29 is 18.3 Å². The summed E-state index contributed by atoms with van der Waals surface area (Å²) in [6.07, 6.45) is 0. The molecule has 0 saturated heterocycles. The molecule has 0 amide bonds. The quantitative estimate of drug-likeness (QED) is 0.794. The highest BCUT2D eigenvalue weighted by molar-refractivity contribution is 7.17. The molecule has 1 aromatic carbocycles. The molecule has 0 aliphatic rings. The van der Waals surface area contributed by atoms with Gasteiger partial charge < -0.3 is 4.74 Å². The number of benzene rings is 1. The van der Waals surface area contributed by atoms with E-state index in [-0.39, 0.29) is 20.6 Å². The van der Waals surface area contributed by atoms with E-state index in [1.807, 2.05) is 0 Å². The van der Waals surface area contributed by atoms with Crippen molar-refractivity contribution in [2.24, 2.45) is 0 Å². The van der Waals surface area contributed by atoms with Gasteiger partial charge in [0.1, 0.15) is 5.01 Å². The van der Waals surface area contributed by atoms with Gasteiger partial charge in [0.2, 0.25) is 0 Å². The predicted octanol–water partition coefficient (Wildman–Crippen LogP) is 3.53. The molecule has 0 aliphatic heterocycles. The monoisotopic (exact) mass is 289 g/mol. The van der Waals surface area contributed by atoms with Crippen LogP contribution in [-0.2, 0) is 4.74 Å². The van der Waals surface area contributed by atoms with Crippen LogP contribution >= 0.6 is 22.9 Å². The molecule has 0 N–H and O–H groups in total. The van der Waals surface area contributed by atoms with Gasteiger partial charge in [-0.05, 0) is 12.1 Å². The van der Waals surface area contributed by atoms with Crippen LogP contribution in [0.2, 0.25) is 5.15 Å². The van der Waals surface area contributed by atoms with Gasteiger partial charge in [-0.1, -0.05) is 17.7 Å². The molecule has 0 radical (unpaired) electrons. The van der Waals surface area contributed by atoms with Gasteiger partial charge in [-0.25, -0.2) is 18.6 Å². The van der Waals surface area contributed by atoms with Crippen molar-refractivity contribution in [1.82, 2.24) is 4.98 Å². The van der Waals surface area contributed by atoms with Crippen LogP contribution < -0.4 is 0 Å². The molecule has 0 bridgehead atoms. The van der Waals surface area contributed by atoms with Gasteiger partial charge >= 0.3 is 5.97 Å². The number of ether oxygens (including phenoxy) is 1. The third-order valence-corrected chi connectivity index (χ3v) is 3.59. The molecule has 0 spiro atoms. The number of rotatable bonds is 2. The largest absolute Gasteiger partial charge is 0.465 e. The highest BCUT2D eigenvalue weighted by Crippen LogP contribution is 2.33. The van der Waals surface area contributed by atoms with E-state index in [1.165, 1.54) is 19.2 Å². The molecule has 18 heavy (non-hydrogen) atoms. The SMILES string of the molecule is COC(=O)c1sc(-c2cccc(F)c2F)nc1Cl. The van der Waals surface area contributed by atoms with Gasteiger partial charge in [0, 0.05) is 5.56 Å². The van der Waals surface area contributed by atoms with Crippen LogP contribution in [0.3, 0.4) is 0 Å². The summed E-state index contributed by atoms with van der Waals surface area (Å²) < 4.78 is 31.1. The fourth-order valence-electron chi connectivity index (χ4n) is 1.30. The Hall–Kier alpha value is -1.53. The molecule has 1 heterocycles. The van der Waals surface area contributed by atoms with Gasteiger partial charge in [-0.3, -0.25) is 0 Å². The molecule has 0 fully saturated rings. The second kappa shape index (κ2) is 4.99. The van der Waals surface area contributed by atoms with E-state index < -0.39 is 17.6 Å². The third kappa shape index (κ3) is 2.21. The second-order valence-corrected chi connectivity index (χ2v) is 4.59. The summed E-state index contributed by atoms with van der Waals surface area (Å²) in [7, 11) is 1.20. The Morgan fingerprint density at radius 3 is 2.83 bits per heavy atom. The summed E-state index contributed by atoms with van der Waals surface area (Å²) in [5.74, 6) is -2.68. The number of esters is 1. The van der Waals surface area contributed by atoms with E-state index in [9.17, 15) is 13.6 Å². The van der Waals surface area contributed by atoms with Gasteiger partial charge in [0.15, 0.2) is 21.7 Å². The van der Waals surface area contributed by atoms with Crippen LogP contribution in [0.15, 0.2) is 18.2 Å². The number of hydrogen-bond donors (Lipinski definition) is 0. The summed E-state index contributed by atoms with van der Waals surface area (Å²) in [4.78, 5) is 15.2. The average Bonchev–Trinajstić information content (AvgIpc) is 2.73. The van der Waals surface area contributed by atoms with Crippen LogP contribution in [0.4, 0.5) is 8.78 Å². The maximum Gasteiger partial charge on any atom is 0.351 e. The Morgan fingerprint density at radius 2 is 2.17 bits per heavy atom. The minimum absolute atomic E-state index is 0.0444. The van der Waals surface area contributed by atoms with E-state index >= 15 is 0 Å². The van der Waals surface area contributed by atoms with Crippen molar-refractivity contribution >= 4 is 28.9 Å². The summed E-state index contributed by atoms with van der Waals surface area (Å²) >= 11 is 6.59. The fraction of sp³-hybridized carbons (Fsp3) is 0.0909. The smallest absolute Gasteiger partial charge is 0.351 e. The lowest BCUT2D eigenvalue weighted by Gasteiger charge is -1.98. The second-order valence-electron chi connectivity index (χ2n) is 3.23. The standard InChI is InChI=1S/C11H6ClF2NO2S/c1-17-11(16)8-9(12)15-10(18-8)5-3-2-4-6(13)7(5)14/h2-4H,1H3. The molecular weight excluding hydrogens is 284 g/mol. The zero-order valence-corrected chi connectivity index (χ0v) is 10.6. The van der Waals surface area contributed by atoms with E-state index in [1.54, 1.807) is 0 Å². The summed E-state index contributed by atoms with van der Waals surface area (Å²) in [6.45, 7) is 0. The Morgan fingerprint density at radius 1 is 1.44 bits per heavy atom. The third-order valence-electron chi connectivity index (χ3n) is 2.14. The summed E-state index contributed by atoms with van der Waals surface area (Å²) in [6, 6.07) is 3.70. The maximum absolute atomic E-state index is 13.5. The van der Waals surface area contributed by atoms with Crippen LogP contribution in [0.25, 0.3) is 10.6 Å². The van der Waals surface area contributed by atoms with Gasteiger partial charge in [-0.15, -0.1) is 11.3 Å². The molecule has 7 heteroatoms. The van der Waals surface area contributed by atoms with Crippen LogP contribution in [0.1, 0.15) is 9.67 Å². The molecule has 0 saturated carbocycles. The molecule has 1 aromatic heterocycles. The Bertz CT molecular complexity index is 615. The predicted molar refractivity (Wildman–Crippen MR) is 63.8 cm³/mol. The Balaban J connectivity index is 2.53. The number of thiazole rings is 1. The molecule has 0 unspecified atom stereocenters. The van der Waals surface area contributed by atoms with Crippen molar-refractivity contribution in [3.63, 3.8) is 0 Å². The van der Waals surface area contributed by atoms with Crippen LogP contribution in [0, 0.1) is 11.6 Å². The number of carbonyl (C=O) groups is 1. The first-order valence-electron chi connectivity index (χ1n) is 4.73. The summed E-state index contributed by atoms with van der Waals surface area (Å²) in [5.41, 5.74) is -0.0444. The molecule has 0 atom stereocenters. The average molecular weight is 290 g/mol. The molecular formula is C11H6ClF2NO2S. The topological polar surface area (TPSA) is 39.2 Å². The summed E-state index contributed by atoms with van der Waals surface area (Å²) in [5, 5.41) is 0.0305. The van der Waals surface area contributed by atoms with E-state index in [4.69, 9.17) is 11.6 Å². The van der Waals surface area contributed by atoms with E-state index in [2.05, 4.69) is 9.72 Å². The molecule has 3 nitrogen and oxygen atoms in total. The zero-order chi connectivity index (χ0) is 13.3. The normalized spacial score (nSPS) is 10.4. The number of methoxy groups -OCH3 is 1. The van der Waals surface area contributed by atoms with Gasteiger partial charge in [-0.2, -0.15) is 0 Å². The van der Waals surface area contributed by atoms with Crippen molar-refractivity contribution in [1.29, 1.82) is 0 Å². The molecule has 94 valence electrons. The lowest BCUT2D eigenvalue weighted by Crippen LogP contribution is -1.98. The van der Waals surface area contributed by atoms with Crippen molar-refractivity contribution in [3.8, 4) is 10.6 Å². The first-order valence-corrected chi connectivity index (χ1v) is 5.93. The molecule has 0 aliphatic carbocycles. The maximum atomic E-state index is 13.5. The molecule has 2 rings (SSSR count). The zero-order valence-electron chi connectivity index (χ0n) is 9.04. The lowest BCUT2D eigenvalue weighted by molar-refractivity contribution is 0.0606. The number of nitrogens with zero attached hydrogens (tertiary/aromatic N) is 1.